The van der Waals surface area contributed by atoms with Gasteiger partial charge in [0, 0.05) is 55.8 Å². The zero-order valence-corrected chi connectivity index (χ0v) is 34.8. The van der Waals surface area contributed by atoms with Crippen molar-refractivity contribution < 1.29 is 28.7 Å². The standard InChI is InChI=1S/C46H60N4O6S/c1-4-46(3,5-2)33-48-41(51)27-30-57-40-31-43(53)49(44(40)54)29-26-34(25-28-47-45(55)56-38-18-9-7-6-8-10-19-38)21-24-42(52)50-32-37-17-12-11-15-35(37)22-23-36-16-13-14-20-39(36)50/h6-7,11-17,20,34,38,40H,4-5,8-10,18-19,21,24-33H2,1-3H3,(H,47,55)(H,48,51)/b7-6+/t34?,38-,40?/m0/s1. The number of nitrogens with one attached hydrogen (secondary N) is 2. The van der Waals surface area contributed by atoms with E-state index >= 15 is 0 Å². The number of para-hydroxylation sites is 1. The third kappa shape index (κ3) is 13.0. The molecule has 5 rings (SSSR count). The zero-order valence-electron chi connectivity index (χ0n) is 34.0. The largest absolute Gasteiger partial charge is 0.446 e. The van der Waals surface area contributed by atoms with E-state index in [1.54, 1.807) is 4.90 Å². The minimum Gasteiger partial charge on any atom is -0.446 e. The summed E-state index contributed by atoms with van der Waals surface area (Å²) in [6, 6.07) is 15.6. The first kappa shape index (κ1) is 43.6. The number of carbonyl (C=O) groups excluding carboxylic acids is 5. The van der Waals surface area contributed by atoms with Gasteiger partial charge in [-0.2, -0.15) is 0 Å². The Morgan fingerprint density at radius 2 is 1.65 bits per heavy atom. The Kier molecular flexibility index (Phi) is 16.7. The quantitative estimate of drug-likeness (QED) is 0.0893. The summed E-state index contributed by atoms with van der Waals surface area (Å²) in [4.78, 5) is 69.2. The average molecular weight is 797 g/mol. The fourth-order valence-electron chi connectivity index (χ4n) is 7.44. The molecule has 0 saturated carbocycles. The van der Waals surface area contributed by atoms with Crippen LogP contribution in [-0.4, -0.2) is 71.4 Å². The maximum Gasteiger partial charge on any atom is 0.407 e. The maximum absolute atomic E-state index is 14.1. The molecule has 2 aliphatic heterocycles. The lowest BCUT2D eigenvalue weighted by Crippen LogP contribution is -2.35. The third-order valence-electron chi connectivity index (χ3n) is 11.8. The number of ether oxygens (including phenoxy) is 1. The molecular weight excluding hydrogens is 737 g/mol. The van der Waals surface area contributed by atoms with Crippen LogP contribution >= 0.6 is 11.8 Å². The molecule has 0 aromatic heterocycles. The van der Waals surface area contributed by atoms with Crippen LogP contribution in [0.1, 0.15) is 121 Å². The van der Waals surface area contributed by atoms with Gasteiger partial charge in [0.05, 0.1) is 17.5 Å². The Labute approximate surface area is 343 Å². The minimum absolute atomic E-state index is 0.0421. The molecule has 306 valence electrons. The number of likely N-dealkylation sites (tertiary alicyclic amines) is 1. The molecule has 1 aliphatic carbocycles. The maximum atomic E-state index is 14.1. The van der Waals surface area contributed by atoms with Gasteiger partial charge in [0.15, 0.2) is 0 Å². The molecule has 3 aliphatic rings. The molecule has 0 bridgehead atoms. The van der Waals surface area contributed by atoms with Gasteiger partial charge in [-0.05, 0) is 99.3 Å². The van der Waals surface area contributed by atoms with Crippen LogP contribution in [0, 0.1) is 23.2 Å². The van der Waals surface area contributed by atoms with E-state index in [0.717, 1.165) is 67.3 Å². The van der Waals surface area contributed by atoms with Gasteiger partial charge in [-0.3, -0.25) is 24.1 Å². The highest BCUT2D eigenvalue weighted by Crippen LogP contribution is 2.30. The number of carbonyl (C=O) groups is 5. The van der Waals surface area contributed by atoms with Gasteiger partial charge in [-0.15, -0.1) is 11.8 Å². The van der Waals surface area contributed by atoms with Crippen molar-refractivity contribution >= 4 is 47.2 Å². The molecule has 11 heteroatoms. The molecular formula is C46H60N4O6S. The molecule has 2 N–H and O–H groups in total. The number of anilines is 1. The van der Waals surface area contributed by atoms with Crippen molar-refractivity contribution in [2.24, 2.45) is 11.3 Å². The van der Waals surface area contributed by atoms with Gasteiger partial charge in [-0.25, -0.2) is 4.79 Å². The highest BCUT2D eigenvalue weighted by atomic mass is 32.2. The summed E-state index contributed by atoms with van der Waals surface area (Å²) in [5.41, 5.74) is 3.48. The number of hydrogen-bond acceptors (Lipinski definition) is 7. The first-order chi connectivity index (χ1) is 27.6. The number of hydrogen-bond donors (Lipinski definition) is 2. The number of imide groups is 1. The fourth-order valence-corrected chi connectivity index (χ4v) is 8.56. The van der Waals surface area contributed by atoms with Crippen molar-refractivity contribution in [3.8, 4) is 11.8 Å². The predicted molar refractivity (Wildman–Crippen MR) is 226 cm³/mol. The average Bonchev–Trinajstić information content (AvgIpc) is 3.47. The third-order valence-corrected chi connectivity index (χ3v) is 13.0. The normalized spacial score (nSPS) is 19.1. The summed E-state index contributed by atoms with van der Waals surface area (Å²) in [5, 5.41) is 5.44. The van der Waals surface area contributed by atoms with E-state index in [2.05, 4.69) is 55.4 Å². The Hall–Kier alpha value is -4.56. The summed E-state index contributed by atoms with van der Waals surface area (Å²) < 4.78 is 5.76. The van der Waals surface area contributed by atoms with E-state index in [1.165, 1.54) is 16.7 Å². The van der Waals surface area contributed by atoms with E-state index in [9.17, 15) is 24.0 Å². The van der Waals surface area contributed by atoms with Crippen LogP contribution in [0.15, 0.2) is 60.7 Å². The van der Waals surface area contributed by atoms with Crippen LogP contribution in [0.3, 0.4) is 0 Å². The lowest BCUT2D eigenvalue weighted by atomic mass is 9.85. The van der Waals surface area contributed by atoms with Crippen LogP contribution in [-0.2, 0) is 30.5 Å². The first-order valence-electron chi connectivity index (χ1n) is 20.9. The number of allylic oxidation sites excluding steroid dienone is 2. The SMILES string of the molecule is CCC(C)(CC)CNC(=O)CCSC1CC(=O)N(CCC(CCNC(=O)O[C@H]2CC/C=C/CCC2)CCC(=O)N2Cc3ccccc3C#Cc3ccccc32)C1=O. The Morgan fingerprint density at radius 3 is 2.46 bits per heavy atom. The van der Waals surface area contributed by atoms with Crippen molar-refractivity contribution in [2.75, 3.05) is 30.3 Å². The lowest BCUT2D eigenvalue weighted by molar-refractivity contribution is -0.138. The smallest absolute Gasteiger partial charge is 0.407 e. The van der Waals surface area contributed by atoms with E-state index < -0.39 is 11.3 Å². The van der Waals surface area contributed by atoms with Crippen molar-refractivity contribution in [2.45, 2.75) is 122 Å². The number of benzene rings is 2. The predicted octanol–water partition coefficient (Wildman–Crippen LogP) is 7.92. The van der Waals surface area contributed by atoms with Crippen molar-refractivity contribution in [1.82, 2.24) is 15.5 Å². The number of alkyl carbamates (subject to hydrolysis) is 1. The first-order valence-corrected chi connectivity index (χ1v) is 21.9. The number of fused-ring (bicyclic) bond motifs is 2. The van der Waals surface area contributed by atoms with Crippen LogP contribution in [0.5, 0.6) is 0 Å². The molecule has 57 heavy (non-hydrogen) atoms. The molecule has 0 radical (unpaired) electrons. The highest BCUT2D eigenvalue weighted by molar-refractivity contribution is 8.00. The number of rotatable bonds is 18. The molecule has 2 aromatic carbocycles. The van der Waals surface area contributed by atoms with E-state index in [-0.39, 0.29) is 66.9 Å². The summed E-state index contributed by atoms with van der Waals surface area (Å²) in [5.74, 6) is 6.38. The van der Waals surface area contributed by atoms with Crippen LogP contribution in [0.2, 0.25) is 0 Å². The Bertz CT molecular complexity index is 1810. The second kappa shape index (κ2) is 21.8. The molecule has 2 heterocycles. The molecule has 10 nitrogen and oxygen atoms in total. The molecule has 3 atom stereocenters. The minimum atomic E-state index is -0.514. The topological polar surface area (TPSA) is 125 Å². The lowest BCUT2D eigenvalue weighted by Gasteiger charge is -2.27. The second-order valence-corrected chi connectivity index (χ2v) is 17.1. The number of nitrogens with zero attached hydrogens (tertiary/aromatic N) is 2. The van der Waals surface area contributed by atoms with Gasteiger partial charge in [0.2, 0.25) is 23.6 Å². The monoisotopic (exact) mass is 796 g/mol. The molecule has 5 amide bonds. The number of thioether (sulfide) groups is 1. The highest BCUT2D eigenvalue weighted by Gasteiger charge is 2.39. The Morgan fingerprint density at radius 1 is 0.912 bits per heavy atom. The second-order valence-electron chi connectivity index (χ2n) is 15.8. The molecule has 2 aromatic rings. The van der Waals surface area contributed by atoms with Crippen molar-refractivity contribution in [1.29, 1.82) is 0 Å². The molecule has 0 spiro atoms. The van der Waals surface area contributed by atoms with E-state index in [4.69, 9.17) is 4.74 Å². The summed E-state index contributed by atoms with van der Waals surface area (Å²) >= 11 is 1.37. The van der Waals surface area contributed by atoms with E-state index in [0.29, 0.717) is 44.6 Å². The van der Waals surface area contributed by atoms with Gasteiger partial charge < -0.3 is 20.3 Å². The van der Waals surface area contributed by atoms with Crippen LogP contribution < -0.4 is 15.5 Å². The molecule has 2 unspecified atom stereocenters. The van der Waals surface area contributed by atoms with Crippen LogP contribution in [0.4, 0.5) is 10.5 Å². The number of amides is 5. The fraction of sp³-hybridized carbons (Fsp3) is 0.543. The zero-order chi connectivity index (χ0) is 40.6. The van der Waals surface area contributed by atoms with E-state index in [1.807, 2.05) is 48.5 Å². The summed E-state index contributed by atoms with van der Waals surface area (Å²) in [7, 11) is 0. The van der Waals surface area contributed by atoms with Crippen molar-refractivity contribution in [3.05, 3.63) is 77.4 Å². The van der Waals surface area contributed by atoms with Gasteiger partial charge in [-0.1, -0.05) is 75.1 Å². The Balaban J connectivity index is 1.19. The molecule has 1 saturated heterocycles. The van der Waals surface area contributed by atoms with Gasteiger partial charge in [0.1, 0.15) is 6.10 Å². The summed E-state index contributed by atoms with van der Waals surface area (Å²) in [6.07, 6.45) is 12.4. The van der Waals surface area contributed by atoms with Crippen LogP contribution in [0.25, 0.3) is 0 Å². The van der Waals surface area contributed by atoms with Crippen molar-refractivity contribution in [3.63, 3.8) is 0 Å². The van der Waals surface area contributed by atoms with Gasteiger partial charge in [0.25, 0.3) is 0 Å². The summed E-state index contributed by atoms with van der Waals surface area (Å²) in [6.45, 7) is 8.00. The van der Waals surface area contributed by atoms with Gasteiger partial charge >= 0.3 is 6.09 Å². The molecule has 1 fully saturated rings.